The van der Waals surface area contributed by atoms with Crippen LogP contribution >= 0.6 is 0 Å². The number of amides is 1. The fourth-order valence-corrected chi connectivity index (χ4v) is 2.71. The van der Waals surface area contributed by atoms with Crippen molar-refractivity contribution in [3.8, 4) is 11.5 Å². The summed E-state index contributed by atoms with van der Waals surface area (Å²) in [7, 11) is 6.52. The standard InChI is InChI=1S/C19H29N5O4/c1-13(20)19-21-17(11-14-6-7-15(27-4)16(10-14)28-5)22-24(19)12-18(25)23(2)8-9-26-3/h6-7,10,13H,8-9,11-12,20H2,1-5H3/t13-/m1/s1. The number of nitrogens with zero attached hydrogens (tertiary/aromatic N) is 4. The highest BCUT2D eigenvalue weighted by Crippen LogP contribution is 2.28. The van der Waals surface area contributed by atoms with Crippen LogP contribution in [0.15, 0.2) is 18.2 Å². The Hall–Kier alpha value is -2.65. The van der Waals surface area contributed by atoms with Crippen LogP contribution in [0, 0.1) is 0 Å². The molecule has 154 valence electrons. The molecule has 0 aliphatic rings. The van der Waals surface area contributed by atoms with Crippen LogP contribution in [-0.2, 0) is 22.5 Å². The first-order valence-corrected chi connectivity index (χ1v) is 9.02. The Kier molecular flexibility index (Phi) is 7.77. The molecule has 0 saturated carbocycles. The lowest BCUT2D eigenvalue weighted by Crippen LogP contribution is -2.34. The summed E-state index contributed by atoms with van der Waals surface area (Å²) in [5.41, 5.74) is 7.00. The van der Waals surface area contributed by atoms with Gasteiger partial charge in [0.1, 0.15) is 12.4 Å². The number of hydrogen-bond donors (Lipinski definition) is 1. The zero-order chi connectivity index (χ0) is 20.7. The molecule has 1 aromatic heterocycles. The number of rotatable bonds is 10. The number of ether oxygens (including phenoxy) is 3. The van der Waals surface area contributed by atoms with Crippen molar-refractivity contribution >= 4 is 5.91 Å². The number of benzene rings is 1. The van der Waals surface area contributed by atoms with E-state index in [1.807, 2.05) is 25.1 Å². The molecule has 9 heteroatoms. The summed E-state index contributed by atoms with van der Waals surface area (Å²) in [5, 5.41) is 4.50. The number of hydrogen-bond acceptors (Lipinski definition) is 7. The highest BCUT2D eigenvalue weighted by atomic mass is 16.5. The van der Waals surface area contributed by atoms with Crippen molar-refractivity contribution in [3.05, 3.63) is 35.4 Å². The van der Waals surface area contributed by atoms with Crippen LogP contribution in [0.4, 0.5) is 0 Å². The maximum atomic E-state index is 12.4. The Bertz CT molecular complexity index is 791. The molecule has 2 rings (SSSR count). The summed E-state index contributed by atoms with van der Waals surface area (Å²) in [6.07, 6.45) is 0.487. The van der Waals surface area contributed by atoms with Gasteiger partial charge >= 0.3 is 0 Å². The average molecular weight is 391 g/mol. The summed E-state index contributed by atoms with van der Waals surface area (Å²) in [6, 6.07) is 5.31. The summed E-state index contributed by atoms with van der Waals surface area (Å²) < 4.78 is 17.2. The molecule has 0 aliphatic carbocycles. The van der Waals surface area contributed by atoms with E-state index in [1.165, 1.54) is 0 Å². The largest absolute Gasteiger partial charge is 0.493 e. The van der Waals surface area contributed by atoms with Gasteiger partial charge in [0.05, 0.1) is 26.9 Å². The van der Waals surface area contributed by atoms with Crippen LogP contribution in [0.5, 0.6) is 11.5 Å². The lowest BCUT2D eigenvalue weighted by Gasteiger charge is -2.17. The van der Waals surface area contributed by atoms with E-state index in [-0.39, 0.29) is 18.5 Å². The van der Waals surface area contributed by atoms with E-state index in [4.69, 9.17) is 19.9 Å². The molecule has 9 nitrogen and oxygen atoms in total. The highest BCUT2D eigenvalue weighted by Gasteiger charge is 2.18. The molecule has 1 amide bonds. The Balaban J connectivity index is 2.19. The van der Waals surface area contributed by atoms with Gasteiger partial charge in [-0.1, -0.05) is 6.07 Å². The van der Waals surface area contributed by atoms with Crippen LogP contribution in [0.3, 0.4) is 0 Å². The van der Waals surface area contributed by atoms with Crippen LogP contribution < -0.4 is 15.2 Å². The van der Waals surface area contributed by atoms with Gasteiger partial charge in [0.25, 0.3) is 0 Å². The van der Waals surface area contributed by atoms with Crippen LogP contribution in [0.1, 0.15) is 30.2 Å². The third kappa shape index (κ3) is 5.43. The van der Waals surface area contributed by atoms with Gasteiger partial charge in [-0.05, 0) is 24.6 Å². The van der Waals surface area contributed by atoms with Crippen molar-refractivity contribution in [2.75, 3.05) is 41.5 Å². The fraction of sp³-hybridized carbons (Fsp3) is 0.526. The van der Waals surface area contributed by atoms with E-state index in [0.29, 0.717) is 42.7 Å². The predicted molar refractivity (Wildman–Crippen MR) is 104 cm³/mol. The highest BCUT2D eigenvalue weighted by molar-refractivity contribution is 5.75. The van der Waals surface area contributed by atoms with Crippen LogP contribution in [0.2, 0.25) is 0 Å². The molecule has 2 N–H and O–H groups in total. The molecule has 2 aromatic rings. The van der Waals surface area contributed by atoms with Gasteiger partial charge in [0.2, 0.25) is 5.91 Å². The van der Waals surface area contributed by atoms with Crippen LogP contribution in [-0.4, -0.2) is 67.1 Å². The van der Waals surface area contributed by atoms with E-state index in [2.05, 4.69) is 10.1 Å². The van der Waals surface area contributed by atoms with Gasteiger partial charge in [0, 0.05) is 27.1 Å². The van der Waals surface area contributed by atoms with Crippen molar-refractivity contribution in [2.24, 2.45) is 5.73 Å². The number of carbonyl (C=O) groups is 1. The zero-order valence-electron chi connectivity index (χ0n) is 17.1. The minimum atomic E-state index is -0.344. The Morgan fingerprint density at radius 2 is 1.96 bits per heavy atom. The second-order valence-corrected chi connectivity index (χ2v) is 6.51. The molecule has 0 bridgehead atoms. The van der Waals surface area contributed by atoms with E-state index in [0.717, 1.165) is 5.56 Å². The Morgan fingerprint density at radius 1 is 1.25 bits per heavy atom. The molecule has 0 unspecified atom stereocenters. The van der Waals surface area contributed by atoms with E-state index >= 15 is 0 Å². The first-order valence-electron chi connectivity index (χ1n) is 9.02. The van der Waals surface area contributed by atoms with Gasteiger partial charge in [-0.25, -0.2) is 9.67 Å². The molecule has 0 radical (unpaired) electrons. The van der Waals surface area contributed by atoms with Crippen molar-refractivity contribution in [1.29, 1.82) is 0 Å². The first kappa shape index (κ1) is 21.6. The maximum Gasteiger partial charge on any atom is 0.244 e. The Morgan fingerprint density at radius 3 is 2.57 bits per heavy atom. The van der Waals surface area contributed by atoms with Crippen LogP contribution in [0.25, 0.3) is 0 Å². The van der Waals surface area contributed by atoms with Crippen molar-refractivity contribution in [1.82, 2.24) is 19.7 Å². The minimum Gasteiger partial charge on any atom is -0.493 e. The van der Waals surface area contributed by atoms with Gasteiger partial charge in [-0.15, -0.1) is 0 Å². The molecular weight excluding hydrogens is 362 g/mol. The van der Waals surface area contributed by atoms with Crippen molar-refractivity contribution < 1.29 is 19.0 Å². The topological polar surface area (TPSA) is 105 Å². The van der Waals surface area contributed by atoms with E-state index in [9.17, 15) is 4.79 Å². The number of carbonyl (C=O) groups excluding carboxylic acids is 1. The summed E-state index contributed by atoms with van der Waals surface area (Å²) in [6.45, 7) is 2.89. The predicted octanol–water partition coefficient (Wildman–Crippen LogP) is 1.01. The van der Waals surface area contributed by atoms with Gasteiger partial charge in [-0.2, -0.15) is 5.10 Å². The average Bonchev–Trinajstić information content (AvgIpc) is 3.08. The molecule has 0 saturated heterocycles. The number of likely N-dealkylation sites (N-methyl/N-ethyl adjacent to an activating group) is 1. The fourth-order valence-electron chi connectivity index (χ4n) is 2.71. The van der Waals surface area contributed by atoms with Gasteiger partial charge in [0.15, 0.2) is 17.3 Å². The SMILES string of the molecule is COCCN(C)C(=O)Cn1nc(Cc2ccc(OC)c(OC)c2)nc1[C@@H](C)N. The molecule has 0 aliphatic heterocycles. The molecule has 28 heavy (non-hydrogen) atoms. The molecule has 0 fully saturated rings. The van der Waals surface area contributed by atoms with Crippen molar-refractivity contribution in [3.63, 3.8) is 0 Å². The van der Waals surface area contributed by atoms with E-state index < -0.39 is 0 Å². The molecular formula is C19H29N5O4. The zero-order valence-corrected chi connectivity index (χ0v) is 17.1. The molecule has 0 spiro atoms. The van der Waals surface area contributed by atoms with Crippen molar-refractivity contribution in [2.45, 2.75) is 25.9 Å². The van der Waals surface area contributed by atoms with E-state index in [1.54, 1.807) is 38.0 Å². The smallest absolute Gasteiger partial charge is 0.244 e. The normalized spacial score (nSPS) is 11.9. The second kappa shape index (κ2) is 10.0. The summed E-state index contributed by atoms with van der Waals surface area (Å²) >= 11 is 0. The molecule has 1 heterocycles. The summed E-state index contributed by atoms with van der Waals surface area (Å²) in [4.78, 5) is 18.6. The lowest BCUT2D eigenvalue weighted by atomic mass is 10.1. The van der Waals surface area contributed by atoms with Gasteiger partial charge in [-0.3, -0.25) is 4.79 Å². The Labute approximate surface area is 165 Å². The second-order valence-electron chi connectivity index (χ2n) is 6.51. The molecule has 1 atom stereocenters. The third-order valence-electron chi connectivity index (χ3n) is 4.30. The number of aromatic nitrogens is 3. The van der Waals surface area contributed by atoms with Gasteiger partial charge < -0.3 is 24.8 Å². The first-order chi connectivity index (χ1) is 13.4. The number of nitrogens with two attached hydrogens (primary N) is 1. The minimum absolute atomic E-state index is 0.0794. The third-order valence-corrected chi connectivity index (χ3v) is 4.30. The maximum absolute atomic E-state index is 12.4. The quantitative estimate of drug-likeness (QED) is 0.644. The monoisotopic (exact) mass is 391 g/mol. The summed E-state index contributed by atoms with van der Waals surface area (Å²) in [5.74, 6) is 2.38. The molecule has 1 aromatic carbocycles. The lowest BCUT2D eigenvalue weighted by molar-refractivity contribution is -0.131. The number of methoxy groups -OCH3 is 3.